The van der Waals surface area contributed by atoms with Crippen molar-refractivity contribution in [3.8, 4) is 0 Å². The van der Waals surface area contributed by atoms with E-state index in [0.29, 0.717) is 31.2 Å². The molecule has 1 heterocycles. The summed E-state index contributed by atoms with van der Waals surface area (Å²) >= 11 is 0. The fraction of sp³-hybridized carbons (Fsp3) is 0.714. The van der Waals surface area contributed by atoms with Crippen LogP contribution in [0.5, 0.6) is 0 Å². The molecule has 0 aromatic heterocycles. The SMILES string of the molecule is C=C1CC[C@@H]2[C@@H](C)[C@@](O)(C(F)(F)F)CC[C@@]2(C)[C@@H]1C/C=C1/C(=O)OCC1NC=O. The van der Waals surface area contributed by atoms with Crippen LogP contribution in [0.2, 0.25) is 0 Å². The van der Waals surface area contributed by atoms with Crippen LogP contribution in [0.4, 0.5) is 13.2 Å². The molecule has 2 N–H and O–H groups in total. The molecule has 2 saturated carbocycles. The van der Waals surface area contributed by atoms with Crippen LogP contribution in [0.1, 0.15) is 46.0 Å². The molecule has 3 fully saturated rings. The first-order chi connectivity index (χ1) is 13.5. The molecule has 1 unspecified atom stereocenters. The number of amides is 1. The minimum Gasteiger partial charge on any atom is -0.460 e. The van der Waals surface area contributed by atoms with Gasteiger partial charge in [0, 0.05) is 0 Å². The summed E-state index contributed by atoms with van der Waals surface area (Å²) in [5, 5.41) is 13.0. The summed E-state index contributed by atoms with van der Waals surface area (Å²) in [4.78, 5) is 22.8. The number of carbonyl (C=O) groups is 2. The molecule has 2 aliphatic carbocycles. The highest BCUT2D eigenvalue weighted by Gasteiger charge is 2.65. The smallest absolute Gasteiger partial charge is 0.417 e. The summed E-state index contributed by atoms with van der Waals surface area (Å²) in [7, 11) is 0. The molecular weight excluding hydrogens is 387 g/mol. The van der Waals surface area contributed by atoms with Gasteiger partial charge in [-0.3, -0.25) is 4.79 Å². The number of halogens is 3. The van der Waals surface area contributed by atoms with Crippen LogP contribution in [0.15, 0.2) is 23.8 Å². The Labute approximate surface area is 168 Å². The van der Waals surface area contributed by atoms with Gasteiger partial charge in [0.15, 0.2) is 5.60 Å². The lowest BCUT2D eigenvalue weighted by molar-refractivity contribution is -0.306. The fourth-order valence-electron chi connectivity index (χ4n) is 5.77. The van der Waals surface area contributed by atoms with E-state index in [1.54, 1.807) is 6.08 Å². The molecule has 0 radical (unpaired) electrons. The Hall–Kier alpha value is -1.83. The third-order valence-electron chi connectivity index (χ3n) is 7.64. The van der Waals surface area contributed by atoms with Gasteiger partial charge in [0.2, 0.25) is 6.41 Å². The number of allylic oxidation sites excluding steroid dienone is 2. The van der Waals surface area contributed by atoms with E-state index in [1.165, 1.54) is 6.92 Å². The van der Waals surface area contributed by atoms with Crippen molar-refractivity contribution in [2.24, 2.45) is 23.2 Å². The number of aliphatic hydroxyl groups is 1. The van der Waals surface area contributed by atoms with E-state index in [1.807, 2.05) is 6.92 Å². The molecular formula is C21H28F3NO4. The number of hydrogen-bond donors (Lipinski definition) is 2. The molecule has 1 amide bonds. The maximum absolute atomic E-state index is 13.6. The van der Waals surface area contributed by atoms with E-state index in [9.17, 15) is 27.9 Å². The summed E-state index contributed by atoms with van der Waals surface area (Å²) in [6.07, 6.45) is -0.960. The Morgan fingerprint density at radius 1 is 1.38 bits per heavy atom. The first-order valence-electron chi connectivity index (χ1n) is 9.99. The molecule has 0 bridgehead atoms. The highest BCUT2D eigenvalue weighted by atomic mass is 19.4. The number of fused-ring (bicyclic) bond motifs is 1. The molecule has 5 nitrogen and oxygen atoms in total. The molecule has 3 aliphatic rings. The zero-order valence-corrected chi connectivity index (χ0v) is 16.7. The van der Waals surface area contributed by atoms with Gasteiger partial charge in [0.25, 0.3) is 0 Å². The minimum absolute atomic E-state index is 0.0740. The number of hydrogen-bond acceptors (Lipinski definition) is 4. The van der Waals surface area contributed by atoms with Crippen LogP contribution in [0.3, 0.4) is 0 Å². The molecule has 1 aliphatic heterocycles. The lowest BCUT2D eigenvalue weighted by Gasteiger charge is -2.58. The number of carbonyl (C=O) groups excluding carboxylic acids is 2. The van der Waals surface area contributed by atoms with Crippen LogP contribution in [-0.2, 0) is 14.3 Å². The van der Waals surface area contributed by atoms with E-state index in [4.69, 9.17) is 4.74 Å². The van der Waals surface area contributed by atoms with Crippen molar-refractivity contribution >= 4 is 12.4 Å². The highest BCUT2D eigenvalue weighted by molar-refractivity contribution is 5.92. The fourth-order valence-corrected chi connectivity index (χ4v) is 5.77. The third kappa shape index (κ3) is 3.49. The molecule has 6 atom stereocenters. The van der Waals surface area contributed by atoms with Gasteiger partial charge in [0.1, 0.15) is 6.61 Å². The average molecular weight is 415 g/mol. The van der Waals surface area contributed by atoms with Crippen molar-refractivity contribution in [1.82, 2.24) is 5.32 Å². The van der Waals surface area contributed by atoms with Gasteiger partial charge in [-0.2, -0.15) is 13.2 Å². The van der Waals surface area contributed by atoms with E-state index in [-0.39, 0.29) is 31.3 Å². The van der Waals surface area contributed by atoms with Crippen molar-refractivity contribution in [3.63, 3.8) is 0 Å². The summed E-state index contributed by atoms with van der Waals surface area (Å²) < 4.78 is 45.7. The second-order valence-corrected chi connectivity index (χ2v) is 8.90. The van der Waals surface area contributed by atoms with Crippen molar-refractivity contribution in [2.75, 3.05) is 6.61 Å². The van der Waals surface area contributed by atoms with Crippen LogP contribution in [-0.4, -0.2) is 41.9 Å². The number of esters is 1. The lowest BCUT2D eigenvalue weighted by Crippen LogP contribution is -2.61. The Balaban J connectivity index is 1.87. The van der Waals surface area contributed by atoms with Crippen LogP contribution in [0.25, 0.3) is 0 Å². The van der Waals surface area contributed by atoms with Gasteiger partial charge in [-0.15, -0.1) is 0 Å². The zero-order valence-electron chi connectivity index (χ0n) is 16.7. The minimum atomic E-state index is -4.67. The monoisotopic (exact) mass is 415 g/mol. The van der Waals surface area contributed by atoms with Crippen LogP contribution < -0.4 is 5.32 Å². The van der Waals surface area contributed by atoms with Gasteiger partial charge < -0.3 is 15.2 Å². The van der Waals surface area contributed by atoms with Crippen molar-refractivity contribution < 1.29 is 32.6 Å². The quantitative estimate of drug-likeness (QED) is 0.320. The predicted octanol–water partition coefficient (Wildman–Crippen LogP) is 3.29. The molecule has 0 aromatic rings. The Bertz CT molecular complexity index is 734. The van der Waals surface area contributed by atoms with Gasteiger partial charge >= 0.3 is 12.1 Å². The Morgan fingerprint density at radius 3 is 2.69 bits per heavy atom. The second kappa shape index (κ2) is 7.45. The van der Waals surface area contributed by atoms with Gasteiger partial charge in [-0.25, -0.2) is 4.79 Å². The first-order valence-corrected chi connectivity index (χ1v) is 9.99. The zero-order chi connectivity index (χ0) is 21.6. The molecule has 1 saturated heterocycles. The number of cyclic esters (lactones) is 1. The Morgan fingerprint density at radius 2 is 2.07 bits per heavy atom. The van der Waals surface area contributed by atoms with Crippen LogP contribution in [0, 0.1) is 23.2 Å². The van der Waals surface area contributed by atoms with E-state index in [2.05, 4.69) is 11.9 Å². The Kier molecular flexibility index (Phi) is 5.62. The average Bonchev–Trinajstić information content (AvgIpc) is 2.97. The van der Waals surface area contributed by atoms with E-state index in [0.717, 1.165) is 5.57 Å². The van der Waals surface area contributed by atoms with E-state index >= 15 is 0 Å². The predicted molar refractivity (Wildman–Crippen MR) is 99.5 cm³/mol. The third-order valence-corrected chi connectivity index (χ3v) is 7.64. The summed E-state index contributed by atoms with van der Waals surface area (Å²) in [6, 6.07) is -0.513. The van der Waals surface area contributed by atoms with Crippen molar-refractivity contribution in [1.29, 1.82) is 0 Å². The highest BCUT2D eigenvalue weighted by Crippen LogP contribution is 2.62. The number of rotatable bonds is 4. The summed E-state index contributed by atoms with van der Waals surface area (Å²) in [6.45, 7) is 7.71. The standard InChI is InChI=1S/C21H28F3NO4/c1-12-4-6-16-13(2)20(28,21(22,23)24)9-8-19(16,3)15(12)7-5-14-17(25-11-26)10-29-18(14)27/h5,11,13,15-17,28H,1,4,6-10H2,2-3H3,(H,25,26)/b14-5+/t13-,15-,16-,17?,19+,20-/m1/s1. The molecule has 0 spiro atoms. The summed E-state index contributed by atoms with van der Waals surface area (Å²) in [5.74, 6) is -1.84. The molecule has 8 heteroatoms. The number of nitrogens with one attached hydrogen (secondary N) is 1. The summed E-state index contributed by atoms with van der Waals surface area (Å²) in [5.41, 5.74) is -1.81. The topological polar surface area (TPSA) is 75.6 Å². The molecule has 162 valence electrons. The maximum Gasteiger partial charge on any atom is 0.417 e. The van der Waals surface area contributed by atoms with Gasteiger partial charge in [-0.05, 0) is 55.3 Å². The number of ether oxygens (including phenoxy) is 1. The van der Waals surface area contributed by atoms with Gasteiger partial charge in [0.05, 0.1) is 11.6 Å². The van der Waals surface area contributed by atoms with Crippen molar-refractivity contribution in [3.05, 3.63) is 23.8 Å². The normalized spacial score (nSPS) is 41.8. The second-order valence-electron chi connectivity index (χ2n) is 8.90. The van der Waals surface area contributed by atoms with Crippen molar-refractivity contribution in [2.45, 2.75) is 63.8 Å². The first kappa shape index (κ1) is 21.9. The molecule has 0 aromatic carbocycles. The van der Waals surface area contributed by atoms with Crippen LogP contribution >= 0.6 is 0 Å². The number of alkyl halides is 3. The van der Waals surface area contributed by atoms with Gasteiger partial charge in [-0.1, -0.05) is 32.1 Å². The maximum atomic E-state index is 13.6. The van der Waals surface area contributed by atoms with E-state index < -0.39 is 35.1 Å². The lowest BCUT2D eigenvalue weighted by atomic mass is 9.48. The largest absolute Gasteiger partial charge is 0.460 e. The molecule has 3 rings (SSSR count). The molecule has 29 heavy (non-hydrogen) atoms.